The van der Waals surface area contributed by atoms with E-state index >= 15 is 0 Å². The van der Waals surface area contributed by atoms with Crippen LogP contribution >= 0.6 is 11.6 Å². The Labute approximate surface area is 126 Å². The topological polar surface area (TPSA) is 41.5 Å². The van der Waals surface area contributed by atoms with Gasteiger partial charge in [0.05, 0.1) is 6.21 Å². The van der Waals surface area contributed by atoms with Crippen LogP contribution in [0.15, 0.2) is 29.4 Å². The van der Waals surface area contributed by atoms with E-state index in [1.807, 2.05) is 12.1 Å². The van der Waals surface area contributed by atoms with E-state index in [0.29, 0.717) is 11.4 Å². The Bertz CT molecular complexity index is 415. The highest BCUT2D eigenvalue weighted by molar-refractivity contribution is 6.30. The second-order valence-corrected chi connectivity index (χ2v) is 5.30. The van der Waals surface area contributed by atoms with Crippen LogP contribution in [-0.4, -0.2) is 12.1 Å². The van der Waals surface area contributed by atoms with E-state index in [0.717, 1.165) is 18.4 Å². The molecule has 1 aromatic carbocycles. The molecule has 1 amide bonds. The number of carbonyl (C=O) groups is 1. The van der Waals surface area contributed by atoms with Crippen molar-refractivity contribution < 1.29 is 4.79 Å². The lowest BCUT2D eigenvalue weighted by atomic mass is 10.1. The minimum absolute atomic E-state index is 0.0225. The summed E-state index contributed by atoms with van der Waals surface area (Å²) in [5, 5.41) is 4.62. The number of halogens is 1. The first-order chi connectivity index (χ1) is 9.72. The SMILES string of the molecule is CCCCCCCCC(=O)N/N=C/c1ccc(Cl)cc1. The summed E-state index contributed by atoms with van der Waals surface area (Å²) in [6.45, 7) is 2.20. The zero-order chi connectivity index (χ0) is 14.6. The minimum Gasteiger partial charge on any atom is -0.273 e. The van der Waals surface area contributed by atoms with Crippen LogP contribution in [0.3, 0.4) is 0 Å². The van der Waals surface area contributed by atoms with Gasteiger partial charge in [0.1, 0.15) is 0 Å². The van der Waals surface area contributed by atoms with Crippen molar-refractivity contribution in [3.63, 3.8) is 0 Å². The second kappa shape index (κ2) is 10.4. The average Bonchev–Trinajstić information content (AvgIpc) is 2.45. The lowest BCUT2D eigenvalue weighted by molar-refractivity contribution is -0.121. The summed E-state index contributed by atoms with van der Waals surface area (Å²) in [4.78, 5) is 11.5. The van der Waals surface area contributed by atoms with Crippen molar-refractivity contribution in [2.45, 2.75) is 51.9 Å². The Hall–Kier alpha value is -1.35. The highest BCUT2D eigenvalue weighted by Crippen LogP contribution is 2.08. The molecular formula is C16H23ClN2O. The van der Waals surface area contributed by atoms with Crippen LogP contribution < -0.4 is 5.43 Å². The van der Waals surface area contributed by atoms with Gasteiger partial charge in [-0.15, -0.1) is 0 Å². The van der Waals surface area contributed by atoms with Crippen molar-refractivity contribution in [1.82, 2.24) is 5.43 Å². The van der Waals surface area contributed by atoms with Crippen molar-refractivity contribution in [2.24, 2.45) is 5.10 Å². The quantitative estimate of drug-likeness (QED) is 0.405. The second-order valence-electron chi connectivity index (χ2n) is 4.86. The molecule has 0 aliphatic heterocycles. The van der Waals surface area contributed by atoms with E-state index < -0.39 is 0 Å². The number of unbranched alkanes of at least 4 members (excludes halogenated alkanes) is 5. The normalized spacial score (nSPS) is 10.9. The molecule has 0 aliphatic carbocycles. The minimum atomic E-state index is -0.0225. The summed E-state index contributed by atoms with van der Waals surface area (Å²) in [6, 6.07) is 7.29. The van der Waals surface area contributed by atoms with Gasteiger partial charge in [0.2, 0.25) is 5.91 Å². The van der Waals surface area contributed by atoms with Gasteiger partial charge in [0.25, 0.3) is 0 Å². The molecular weight excluding hydrogens is 272 g/mol. The fraction of sp³-hybridized carbons (Fsp3) is 0.500. The van der Waals surface area contributed by atoms with Gasteiger partial charge in [-0.2, -0.15) is 5.10 Å². The van der Waals surface area contributed by atoms with Gasteiger partial charge in [-0.05, 0) is 24.1 Å². The van der Waals surface area contributed by atoms with Crippen molar-refractivity contribution in [2.75, 3.05) is 0 Å². The number of rotatable bonds is 9. The Morgan fingerprint density at radius 3 is 2.50 bits per heavy atom. The first-order valence-electron chi connectivity index (χ1n) is 7.30. The summed E-state index contributed by atoms with van der Waals surface area (Å²) < 4.78 is 0. The molecule has 0 saturated heterocycles. The number of carbonyl (C=O) groups excluding carboxylic acids is 1. The average molecular weight is 295 g/mol. The van der Waals surface area contributed by atoms with E-state index in [-0.39, 0.29) is 5.91 Å². The smallest absolute Gasteiger partial charge is 0.240 e. The molecule has 0 bridgehead atoms. The highest BCUT2D eigenvalue weighted by atomic mass is 35.5. The zero-order valence-corrected chi connectivity index (χ0v) is 12.8. The molecule has 0 saturated carbocycles. The largest absolute Gasteiger partial charge is 0.273 e. The van der Waals surface area contributed by atoms with Gasteiger partial charge in [-0.3, -0.25) is 4.79 Å². The summed E-state index contributed by atoms with van der Waals surface area (Å²) in [6.07, 6.45) is 9.25. The predicted molar refractivity (Wildman–Crippen MR) is 85.2 cm³/mol. The third kappa shape index (κ3) is 7.95. The summed E-state index contributed by atoms with van der Waals surface area (Å²) in [5.74, 6) is -0.0225. The number of hydrazone groups is 1. The summed E-state index contributed by atoms with van der Waals surface area (Å²) in [5.41, 5.74) is 3.46. The van der Waals surface area contributed by atoms with Gasteiger partial charge in [0.15, 0.2) is 0 Å². The van der Waals surface area contributed by atoms with Crippen LogP contribution in [0.2, 0.25) is 5.02 Å². The summed E-state index contributed by atoms with van der Waals surface area (Å²) >= 11 is 5.78. The molecule has 0 radical (unpaired) electrons. The number of benzene rings is 1. The Kier molecular flexibility index (Phi) is 8.72. The number of hydrogen-bond donors (Lipinski definition) is 1. The monoisotopic (exact) mass is 294 g/mol. The number of nitrogens with one attached hydrogen (secondary N) is 1. The van der Waals surface area contributed by atoms with E-state index in [1.165, 1.54) is 25.7 Å². The first-order valence-corrected chi connectivity index (χ1v) is 7.67. The molecule has 1 aromatic rings. The van der Waals surface area contributed by atoms with Crippen LogP contribution in [0.25, 0.3) is 0 Å². The van der Waals surface area contributed by atoms with Gasteiger partial charge >= 0.3 is 0 Å². The number of hydrogen-bond acceptors (Lipinski definition) is 2. The Balaban J connectivity index is 2.12. The lowest BCUT2D eigenvalue weighted by Crippen LogP contribution is -2.16. The van der Waals surface area contributed by atoms with E-state index in [2.05, 4.69) is 17.5 Å². The third-order valence-electron chi connectivity index (χ3n) is 3.03. The van der Waals surface area contributed by atoms with Crippen LogP contribution in [0.5, 0.6) is 0 Å². The van der Waals surface area contributed by atoms with Crippen LogP contribution in [0.1, 0.15) is 57.4 Å². The fourth-order valence-corrected chi connectivity index (χ4v) is 1.98. The van der Waals surface area contributed by atoms with Crippen molar-refractivity contribution in [3.05, 3.63) is 34.9 Å². The van der Waals surface area contributed by atoms with Gasteiger partial charge in [-0.25, -0.2) is 5.43 Å². The standard InChI is InChI=1S/C16H23ClN2O/c1-2-3-4-5-6-7-8-16(20)19-18-13-14-9-11-15(17)12-10-14/h9-13H,2-8H2,1H3,(H,19,20)/b18-13+. The third-order valence-corrected chi connectivity index (χ3v) is 3.28. The molecule has 1 rings (SSSR count). The molecule has 0 atom stereocenters. The first kappa shape index (κ1) is 16.7. The fourth-order valence-electron chi connectivity index (χ4n) is 1.85. The zero-order valence-electron chi connectivity index (χ0n) is 12.1. The lowest BCUT2D eigenvalue weighted by Gasteiger charge is -2.00. The molecule has 0 heterocycles. The maximum atomic E-state index is 11.5. The maximum absolute atomic E-state index is 11.5. The molecule has 0 aromatic heterocycles. The Morgan fingerprint density at radius 2 is 1.80 bits per heavy atom. The highest BCUT2D eigenvalue weighted by Gasteiger charge is 1.99. The molecule has 0 spiro atoms. The van der Waals surface area contributed by atoms with Crippen LogP contribution in [0, 0.1) is 0 Å². The number of amides is 1. The predicted octanol–water partition coefficient (Wildman–Crippen LogP) is 4.54. The van der Waals surface area contributed by atoms with Crippen molar-refractivity contribution in [1.29, 1.82) is 0 Å². The molecule has 3 nitrogen and oxygen atoms in total. The molecule has 0 fully saturated rings. The van der Waals surface area contributed by atoms with Crippen LogP contribution in [-0.2, 0) is 4.79 Å². The molecule has 0 aliphatic rings. The Morgan fingerprint density at radius 1 is 1.15 bits per heavy atom. The molecule has 4 heteroatoms. The summed E-state index contributed by atoms with van der Waals surface area (Å²) in [7, 11) is 0. The molecule has 110 valence electrons. The van der Waals surface area contributed by atoms with E-state index in [9.17, 15) is 4.79 Å². The molecule has 1 N–H and O–H groups in total. The molecule has 20 heavy (non-hydrogen) atoms. The van der Waals surface area contributed by atoms with E-state index in [1.54, 1.807) is 18.3 Å². The molecule has 0 unspecified atom stereocenters. The van der Waals surface area contributed by atoms with Gasteiger partial charge in [0, 0.05) is 11.4 Å². The van der Waals surface area contributed by atoms with E-state index in [4.69, 9.17) is 11.6 Å². The maximum Gasteiger partial charge on any atom is 0.240 e. The van der Waals surface area contributed by atoms with Crippen LogP contribution in [0.4, 0.5) is 0 Å². The van der Waals surface area contributed by atoms with Gasteiger partial charge in [-0.1, -0.05) is 62.8 Å². The van der Waals surface area contributed by atoms with Crippen molar-refractivity contribution >= 4 is 23.7 Å². The van der Waals surface area contributed by atoms with Crippen molar-refractivity contribution in [3.8, 4) is 0 Å². The van der Waals surface area contributed by atoms with Gasteiger partial charge < -0.3 is 0 Å². The number of nitrogens with zero attached hydrogens (tertiary/aromatic N) is 1.